The number of methoxy groups -OCH3 is 2. The number of alkyl halides is 2. The lowest BCUT2D eigenvalue weighted by atomic mass is 10.1. The number of thioether (sulfide) groups is 1. The Morgan fingerprint density at radius 1 is 1.24 bits per heavy atom. The van der Waals surface area contributed by atoms with E-state index in [0.29, 0.717) is 5.16 Å². The van der Waals surface area contributed by atoms with Crippen molar-refractivity contribution in [2.45, 2.75) is 31.7 Å². The molecular formula is C17H20F2N4O5S. The molecule has 1 amide bonds. The molecule has 0 aliphatic heterocycles. The molecule has 1 heterocycles. The third-order valence-corrected chi connectivity index (χ3v) is 4.59. The molecule has 0 fully saturated rings. The molecule has 2 rings (SSSR count). The smallest absolute Gasteiger partial charge is 0.387 e. The fraction of sp³-hybridized carbons (Fsp3) is 0.412. The summed E-state index contributed by atoms with van der Waals surface area (Å²) < 4.78 is 41.2. The zero-order valence-corrected chi connectivity index (χ0v) is 17.0. The number of hydrogen-bond donors (Lipinski definition) is 1. The second kappa shape index (κ2) is 10.0. The third-order valence-electron chi connectivity index (χ3n) is 3.63. The van der Waals surface area contributed by atoms with Crippen molar-refractivity contribution in [1.82, 2.24) is 14.8 Å². The van der Waals surface area contributed by atoms with Gasteiger partial charge >= 0.3 is 12.6 Å². The maximum Gasteiger partial charge on any atom is 0.387 e. The number of ether oxygens (including phenoxy) is 3. The maximum absolute atomic E-state index is 12.7. The molecule has 0 aliphatic rings. The lowest BCUT2D eigenvalue weighted by molar-refractivity contribution is -0.113. The molecule has 158 valence electrons. The van der Waals surface area contributed by atoms with Gasteiger partial charge in [0.15, 0.2) is 16.7 Å². The number of carbonyl (C=O) groups excluding carboxylic acids is 2. The summed E-state index contributed by atoms with van der Waals surface area (Å²) in [7, 11) is 2.38. The van der Waals surface area contributed by atoms with Crippen molar-refractivity contribution in [3.63, 3.8) is 0 Å². The molecule has 2 aromatic rings. The van der Waals surface area contributed by atoms with Crippen LogP contribution in [0, 0.1) is 0 Å². The predicted octanol–water partition coefficient (Wildman–Crippen LogP) is 2.99. The van der Waals surface area contributed by atoms with Crippen molar-refractivity contribution in [3.05, 3.63) is 24.0 Å². The number of hydrogen-bond acceptors (Lipinski definition) is 8. The standard InChI is InChI=1S/C17H20F2N4O5S/c1-9(2)23-8-20-22-17(23)29-7-14(24)21-11-6-13(28-16(18)19)12(26-3)5-10(11)15(25)27-4/h5-6,8-9,16H,7H2,1-4H3,(H,21,24). The molecule has 1 N–H and O–H groups in total. The number of benzene rings is 1. The summed E-state index contributed by atoms with van der Waals surface area (Å²) >= 11 is 1.14. The van der Waals surface area contributed by atoms with Crippen LogP contribution >= 0.6 is 11.8 Å². The van der Waals surface area contributed by atoms with Crippen molar-refractivity contribution < 1.29 is 32.6 Å². The second-order valence-electron chi connectivity index (χ2n) is 5.87. The summed E-state index contributed by atoms with van der Waals surface area (Å²) in [4.78, 5) is 24.4. The molecule has 0 saturated carbocycles. The first-order valence-corrected chi connectivity index (χ1v) is 9.32. The Hall–Kier alpha value is -2.89. The number of esters is 1. The molecule has 0 bridgehead atoms. The van der Waals surface area contributed by atoms with E-state index in [2.05, 4.69) is 25.0 Å². The predicted molar refractivity (Wildman–Crippen MR) is 101 cm³/mol. The Morgan fingerprint density at radius 3 is 2.55 bits per heavy atom. The van der Waals surface area contributed by atoms with Gasteiger partial charge in [-0.3, -0.25) is 4.79 Å². The van der Waals surface area contributed by atoms with E-state index in [4.69, 9.17) is 4.74 Å². The van der Waals surface area contributed by atoms with Crippen LogP contribution in [0.25, 0.3) is 0 Å². The number of amides is 1. The topological polar surface area (TPSA) is 105 Å². The largest absolute Gasteiger partial charge is 0.493 e. The van der Waals surface area contributed by atoms with Crippen LogP contribution < -0.4 is 14.8 Å². The Kier molecular flexibility index (Phi) is 7.76. The summed E-state index contributed by atoms with van der Waals surface area (Å²) in [6.45, 7) is 0.769. The normalized spacial score (nSPS) is 10.9. The first kappa shape index (κ1) is 22.4. The van der Waals surface area contributed by atoms with Gasteiger partial charge in [-0.05, 0) is 13.8 Å². The number of carbonyl (C=O) groups is 2. The van der Waals surface area contributed by atoms with Gasteiger partial charge in [0.25, 0.3) is 0 Å². The van der Waals surface area contributed by atoms with Crippen molar-refractivity contribution in [1.29, 1.82) is 0 Å². The molecule has 0 spiro atoms. The van der Waals surface area contributed by atoms with E-state index in [1.54, 1.807) is 10.9 Å². The van der Waals surface area contributed by atoms with E-state index in [0.717, 1.165) is 31.0 Å². The minimum Gasteiger partial charge on any atom is -0.493 e. The molecule has 0 aliphatic carbocycles. The van der Waals surface area contributed by atoms with Crippen LogP contribution in [-0.2, 0) is 9.53 Å². The first-order valence-electron chi connectivity index (χ1n) is 8.34. The number of nitrogens with one attached hydrogen (secondary N) is 1. The molecule has 9 nitrogen and oxygen atoms in total. The minimum absolute atomic E-state index is 0.0516. The summed E-state index contributed by atoms with van der Waals surface area (Å²) in [6.07, 6.45) is 1.55. The van der Waals surface area contributed by atoms with E-state index in [-0.39, 0.29) is 34.5 Å². The van der Waals surface area contributed by atoms with Gasteiger partial charge in [-0.2, -0.15) is 8.78 Å². The quantitative estimate of drug-likeness (QED) is 0.478. The van der Waals surface area contributed by atoms with Gasteiger partial charge in [0.2, 0.25) is 5.91 Å². The third kappa shape index (κ3) is 5.79. The van der Waals surface area contributed by atoms with Crippen molar-refractivity contribution in [2.24, 2.45) is 0 Å². The van der Waals surface area contributed by atoms with E-state index < -0.39 is 18.5 Å². The molecule has 29 heavy (non-hydrogen) atoms. The van der Waals surface area contributed by atoms with Crippen molar-refractivity contribution in [2.75, 3.05) is 25.3 Å². The summed E-state index contributed by atoms with van der Waals surface area (Å²) in [5.41, 5.74) is -0.126. The second-order valence-corrected chi connectivity index (χ2v) is 6.81. The molecule has 1 aromatic carbocycles. The van der Waals surface area contributed by atoms with Crippen LogP contribution in [-0.4, -0.2) is 53.2 Å². The average molecular weight is 430 g/mol. The highest BCUT2D eigenvalue weighted by molar-refractivity contribution is 7.99. The summed E-state index contributed by atoms with van der Waals surface area (Å²) in [6, 6.07) is 2.34. The van der Waals surface area contributed by atoms with E-state index in [1.807, 2.05) is 13.8 Å². The fourth-order valence-electron chi connectivity index (χ4n) is 2.30. The Labute approximate surface area is 169 Å². The van der Waals surface area contributed by atoms with Gasteiger partial charge in [-0.25, -0.2) is 4.79 Å². The van der Waals surface area contributed by atoms with E-state index in [1.165, 1.54) is 7.11 Å². The number of rotatable bonds is 9. The van der Waals surface area contributed by atoms with Gasteiger partial charge < -0.3 is 24.1 Å². The van der Waals surface area contributed by atoms with Gasteiger partial charge in [0.05, 0.1) is 31.2 Å². The number of nitrogens with zero attached hydrogens (tertiary/aromatic N) is 3. The molecule has 0 saturated heterocycles. The Bertz CT molecular complexity index is 876. The average Bonchev–Trinajstić information content (AvgIpc) is 3.14. The highest BCUT2D eigenvalue weighted by Gasteiger charge is 2.21. The number of anilines is 1. The van der Waals surface area contributed by atoms with Gasteiger partial charge in [-0.1, -0.05) is 11.8 Å². The fourth-order valence-corrected chi connectivity index (χ4v) is 3.14. The zero-order chi connectivity index (χ0) is 21.6. The van der Waals surface area contributed by atoms with Crippen molar-refractivity contribution >= 4 is 29.3 Å². The van der Waals surface area contributed by atoms with Crippen LogP contribution in [0.2, 0.25) is 0 Å². The number of aromatic nitrogens is 3. The van der Waals surface area contributed by atoms with Gasteiger partial charge in [-0.15, -0.1) is 10.2 Å². The summed E-state index contributed by atoms with van der Waals surface area (Å²) in [5, 5.41) is 10.8. The van der Waals surface area contributed by atoms with E-state index >= 15 is 0 Å². The highest BCUT2D eigenvalue weighted by atomic mass is 32.2. The Balaban J connectivity index is 2.23. The Morgan fingerprint density at radius 2 is 1.97 bits per heavy atom. The molecular weight excluding hydrogens is 410 g/mol. The molecule has 12 heteroatoms. The van der Waals surface area contributed by atoms with E-state index in [9.17, 15) is 18.4 Å². The zero-order valence-electron chi connectivity index (χ0n) is 16.1. The van der Waals surface area contributed by atoms with Crippen LogP contribution in [0.5, 0.6) is 11.5 Å². The number of halogens is 2. The van der Waals surface area contributed by atoms with Crippen LogP contribution in [0.3, 0.4) is 0 Å². The maximum atomic E-state index is 12.7. The molecule has 1 aromatic heterocycles. The molecule has 0 radical (unpaired) electrons. The van der Waals surface area contributed by atoms with Crippen LogP contribution in [0.15, 0.2) is 23.6 Å². The highest BCUT2D eigenvalue weighted by Crippen LogP contribution is 2.35. The molecule has 0 unspecified atom stereocenters. The first-order chi connectivity index (χ1) is 13.8. The van der Waals surface area contributed by atoms with Gasteiger partial charge in [0.1, 0.15) is 6.33 Å². The SMILES string of the molecule is COC(=O)c1cc(OC)c(OC(F)F)cc1NC(=O)CSc1nncn1C(C)C. The summed E-state index contributed by atoms with van der Waals surface area (Å²) in [5.74, 6) is -1.77. The van der Waals surface area contributed by atoms with Crippen LogP contribution in [0.4, 0.5) is 14.5 Å². The monoisotopic (exact) mass is 430 g/mol. The lowest BCUT2D eigenvalue weighted by Gasteiger charge is -2.15. The van der Waals surface area contributed by atoms with Crippen LogP contribution in [0.1, 0.15) is 30.2 Å². The van der Waals surface area contributed by atoms with Gasteiger partial charge in [0, 0.05) is 18.2 Å². The molecule has 0 atom stereocenters. The van der Waals surface area contributed by atoms with Crippen molar-refractivity contribution in [3.8, 4) is 11.5 Å². The minimum atomic E-state index is -3.12. The lowest BCUT2D eigenvalue weighted by Crippen LogP contribution is -2.18.